The van der Waals surface area contributed by atoms with E-state index in [4.69, 9.17) is 4.74 Å². The van der Waals surface area contributed by atoms with Gasteiger partial charge in [-0.05, 0) is 48.0 Å². The first-order valence-electron chi connectivity index (χ1n) is 6.23. The molecule has 1 aromatic rings. The first kappa shape index (κ1) is 14.5. The molecule has 2 rings (SSSR count). The summed E-state index contributed by atoms with van der Waals surface area (Å²) in [7, 11) is 0. The van der Waals surface area contributed by atoms with Crippen LogP contribution in [0.5, 0.6) is 0 Å². The van der Waals surface area contributed by atoms with Crippen LogP contribution in [0.3, 0.4) is 0 Å². The third kappa shape index (κ3) is 3.35. The van der Waals surface area contributed by atoms with Crippen LogP contribution in [-0.2, 0) is 4.74 Å². The second-order valence-corrected chi connectivity index (χ2v) is 6.25. The lowest BCUT2D eigenvalue weighted by Gasteiger charge is -2.43. The van der Waals surface area contributed by atoms with Crippen molar-refractivity contribution in [2.45, 2.75) is 25.6 Å². The molecule has 0 bridgehead atoms. The van der Waals surface area contributed by atoms with E-state index < -0.39 is 0 Å². The van der Waals surface area contributed by atoms with Crippen molar-refractivity contribution < 1.29 is 14.6 Å². The second kappa shape index (κ2) is 5.61. The third-order valence-corrected chi connectivity index (χ3v) is 3.77. The van der Waals surface area contributed by atoms with E-state index >= 15 is 0 Å². The molecule has 1 unspecified atom stereocenters. The summed E-state index contributed by atoms with van der Waals surface area (Å²) < 4.78 is 6.68. The van der Waals surface area contributed by atoms with Crippen LogP contribution in [0.2, 0.25) is 0 Å². The second-order valence-electron chi connectivity index (χ2n) is 5.39. The van der Waals surface area contributed by atoms with Crippen LogP contribution in [0.15, 0.2) is 22.7 Å². The van der Waals surface area contributed by atoms with Crippen molar-refractivity contribution in [1.82, 2.24) is 0 Å². The van der Waals surface area contributed by atoms with Gasteiger partial charge in [0.25, 0.3) is 0 Å². The maximum atomic E-state index is 10.8. The van der Waals surface area contributed by atoms with Crippen molar-refractivity contribution in [1.29, 1.82) is 0 Å². The fourth-order valence-electron chi connectivity index (χ4n) is 2.43. The Balaban J connectivity index is 2.27. The summed E-state index contributed by atoms with van der Waals surface area (Å²) >= 11 is 3.50. The number of morpholine rings is 1. The van der Waals surface area contributed by atoms with Gasteiger partial charge in [-0.3, -0.25) is 4.79 Å². The standard InChI is InChI=1S/C14H18BrNO3/c1-14(2)9-16(6-11(8-18)19-14)13-4-3-10(7-17)5-12(13)15/h3-5,7,11,18H,6,8-9H2,1-2H3. The Bertz CT molecular complexity index is 476. The number of carbonyl (C=O) groups is 1. The fraction of sp³-hybridized carbons (Fsp3) is 0.500. The number of nitrogens with zero attached hydrogens (tertiary/aromatic N) is 1. The molecule has 19 heavy (non-hydrogen) atoms. The van der Waals surface area contributed by atoms with Gasteiger partial charge in [-0.2, -0.15) is 0 Å². The minimum atomic E-state index is -0.311. The van der Waals surface area contributed by atoms with E-state index in [1.807, 2.05) is 19.9 Å². The number of carbonyl (C=O) groups excluding carboxylic acids is 1. The van der Waals surface area contributed by atoms with Crippen molar-refractivity contribution in [3.05, 3.63) is 28.2 Å². The zero-order valence-corrected chi connectivity index (χ0v) is 12.7. The SMILES string of the molecule is CC1(C)CN(c2ccc(C=O)cc2Br)CC(CO)O1. The number of aliphatic hydroxyl groups excluding tert-OH is 1. The average molecular weight is 328 g/mol. The van der Waals surface area contributed by atoms with Gasteiger partial charge in [-0.1, -0.05) is 0 Å². The predicted octanol–water partition coefficient (Wildman–Crippen LogP) is 2.24. The number of hydrogen-bond donors (Lipinski definition) is 1. The van der Waals surface area contributed by atoms with Crippen LogP contribution in [0.25, 0.3) is 0 Å². The maximum Gasteiger partial charge on any atom is 0.150 e. The lowest BCUT2D eigenvalue weighted by molar-refractivity contribution is -0.101. The quantitative estimate of drug-likeness (QED) is 0.865. The average Bonchev–Trinajstić information content (AvgIpc) is 2.36. The van der Waals surface area contributed by atoms with Gasteiger partial charge in [0.1, 0.15) is 6.29 Å². The summed E-state index contributed by atoms with van der Waals surface area (Å²) in [6, 6.07) is 5.52. The van der Waals surface area contributed by atoms with Crippen LogP contribution in [0.4, 0.5) is 5.69 Å². The van der Waals surface area contributed by atoms with E-state index in [-0.39, 0.29) is 18.3 Å². The molecule has 1 aromatic carbocycles. The molecule has 104 valence electrons. The number of anilines is 1. The molecule has 4 nitrogen and oxygen atoms in total. The van der Waals surface area contributed by atoms with Gasteiger partial charge in [-0.15, -0.1) is 0 Å². The first-order valence-corrected chi connectivity index (χ1v) is 7.03. The molecule has 1 N–H and O–H groups in total. The minimum absolute atomic E-state index is 0.00394. The zero-order chi connectivity index (χ0) is 14.0. The predicted molar refractivity (Wildman–Crippen MR) is 77.8 cm³/mol. The highest BCUT2D eigenvalue weighted by atomic mass is 79.9. The largest absolute Gasteiger partial charge is 0.394 e. The molecule has 1 saturated heterocycles. The molecule has 5 heteroatoms. The van der Waals surface area contributed by atoms with E-state index in [0.29, 0.717) is 12.1 Å². The van der Waals surface area contributed by atoms with Crippen molar-refractivity contribution in [2.75, 3.05) is 24.6 Å². The Morgan fingerprint density at radius 3 is 2.89 bits per heavy atom. The normalized spacial score (nSPS) is 22.3. The summed E-state index contributed by atoms with van der Waals surface area (Å²) in [5.74, 6) is 0. The molecule has 0 spiro atoms. The Morgan fingerprint density at radius 1 is 1.58 bits per heavy atom. The molecule has 0 radical (unpaired) electrons. The lowest BCUT2D eigenvalue weighted by atomic mass is 10.0. The highest BCUT2D eigenvalue weighted by molar-refractivity contribution is 9.10. The lowest BCUT2D eigenvalue weighted by Crippen LogP contribution is -2.54. The third-order valence-electron chi connectivity index (χ3n) is 3.13. The van der Waals surface area contributed by atoms with Crippen LogP contribution in [-0.4, -0.2) is 42.8 Å². The Kier molecular flexibility index (Phi) is 4.28. The number of benzene rings is 1. The van der Waals surface area contributed by atoms with E-state index in [2.05, 4.69) is 20.8 Å². The van der Waals surface area contributed by atoms with Gasteiger partial charge in [0, 0.05) is 23.1 Å². The highest BCUT2D eigenvalue weighted by Gasteiger charge is 2.33. The highest BCUT2D eigenvalue weighted by Crippen LogP contribution is 2.31. The monoisotopic (exact) mass is 327 g/mol. The van der Waals surface area contributed by atoms with E-state index in [9.17, 15) is 9.90 Å². The van der Waals surface area contributed by atoms with E-state index in [1.54, 1.807) is 12.1 Å². The van der Waals surface area contributed by atoms with Crippen molar-refractivity contribution in [3.63, 3.8) is 0 Å². The first-order chi connectivity index (χ1) is 8.95. The zero-order valence-electron chi connectivity index (χ0n) is 11.1. The Labute approximate surface area is 121 Å². The molecule has 0 aromatic heterocycles. The van der Waals surface area contributed by atoms with Crippen molar-refractivity contribution >= 4 is 27.9 Å². The number of rotatable bonds is 3. The number of halogens is 1. The molecular formula is C14H18BrNO3. The molecule has 0 aliphatic carbocycles. The molecular weight excluding hydrogens is 310 g/mol. The van der Waals surface area contributed by atoms with Crippen LogP contribution in [0.1, 0.15) is 24.2 Å². The van der Waals surface area contributed by atoms with Gasteiger partial charge >= 0.3 is 0 Å². The van der Waals surface area contributed by atoms with Crippen LogP contribution >= 0.6 is 15.9 Å². The van der Waals surface area contributed by atoms with Gasteiger partial charge in [0.2, 0.25) is 0 Å². The molecule has 0 saturated carbocycles. The molecule has 1 aliphatic heterocycles. The Hall–Kier alpha value is -0.910. The van der Waals surface area contributed by atoms with Gasteiger partial charge in [0.15, 0.2) is 0 Å². The van der Waals surface area contributed by atoms with Gasteiger partial charge in [0.05, 0.1) is 24.0 Å². The van der Waals surface area contributed by atoms with E-state index in [0.717, 1.165) is 23.0 Å². The fourth-order valence-corrected chi connectivity index (χ4v) is 3.07. The summed E-state index contributed by atoms with van der Waals surface area (Å²) in [5, 5.41) is 9.33. The summed E-state index contributed by atoms with van der Waals surface area (Å²) in [5.41, 5.74) is 1.34. The van der Waals surface area contributed by atoms with Crippen molar-refractivity contribution in [3.8, 4) is 0 Å². The van der Waals surface area contributed by atoms with Gasteiger partial charge in [-0.25, -0.2) is 0 Å². The Morgan fingerprint density at radius 2 is 2.32 bits per heavy atom. The molecule has 0 amide bonds. The molecule has 1 heterocycles. The summed E-state index contributed by atoms with van der Waals surface area (Å²) in [4.78, 5) is 12.9. The smallest absolute Gasteiger partial charge is 0.150 e. The molecule has 1 atom stereocenters. The minimum Gasteiger partial charge on any atom is -0.394 e. The van der Waals surface area contributed by atoms with Gasteiger partial charge < -0.3 is 14.7 Å². The maximum absolute atomic E-state index is 10.8. The van der Waals surface area contributed by atoms with E-state index in [1.165, 1.54) is 0 Å². The number of ether oxygens (including phenoxy) is 1. The van der Waals surface area contributed by atoms with Crippen molar-refractivity contribution in [2.24, 2.45) is 0 Å². The topological polar surface area (TPSA) is 49.8 Å². The number of hydrogen-bond acceptors (Lipinski definition) is 4. The molecule has 1 fully saturated rings. The number of aliphatic hydroxyl groups is 1. The molecule has 1 aliphatic rings. The summed E-state index contributed by atoms with van der Waals surface area (Å²) in [6.07, 6.45) is 0.635. The summed E-state index contributed by atoms with van der Waals surface area (Å²) in [6.45, 7) is 5.40. The van der Waals surface area contributed by atoms with Crippen LogP contribution < -0.4 is 4.90 Å². The van der Waals surface area contributed by atoms with Crippen LogP contribution in [0, 0.1) is 0 Å². The number of aldehydes is 1.